The summed E-state index contributed by atoms with van der Waals surface area (Å²) < 4.78 is 5.50. The number of hydrogen-bond donors (Lipinski definition) is 1. The van der Waals surface area contributed by atoms with Crippen LogP contribution in [0.2, 0.25) is 0 Å². The van der Waals surface area contributed by atoms with Gasteiger partial charge in [-0.05, 0) is 44.9 Å². The Bertz CT molecular complexity index is 264. The van der Waals surface area contributed by atoms with Crippen molar-refractivity contribution in [1.29, 1.82) is 0 Å². The highest BCUT2D eigenvalue weighted by molar-refractivity contribution is 6.20. The van der Waals surface area contributed by atoms with Crippen LogP contribution in [0, 0.1) is 5.92 Å². The van der Waals surface area contributed by atoms with Crippen LogP contribution >= 0.6 is 11.6 Å². The molecule has 1 amide bonds. The van der Waals surface area contributed by atoms with Crippen LogP contribution in [0.1, 0.15) is 39.0 Å². The first-order valence-corrected chi connectivity index (χ1v) is 6.60. The smallest absolute Gasteiger partial charge is 0.251 e. The fourth-order valence-electron chi connectivity index (χ4n) is 2.58. The zero-order valence-corrected chi connectivity index (χ0v) is 10.6. The van der Waals surface area contributed by atoms with E-state index in [0.717, 1.165) is 38.6 Å². The summed E-state index contributed by atoms with van der Waals surface area (Å²) in [5.74, 6) is 0.597. The Hall–Kier alpha value is -0.280. The molecule has 1 saturated heterocycles. The van der Waals surface area contributed by atoms with Crippen LogP contribution < -0.4 is 5.32 Å². The number of carbonyl (C=O) groups is 1. The van der Waals surface area contributed by atoms with Gasteiger partial charge in [-0.2, -0.15) is 0 Å². The minimum Gasteiger partial charge on any atom is -0.365 e. The van der Waals surface area contributed by atoms with Crippen molar-refractivity contribution in [3.05, 3.63) is 0 Å². The molecule has 1 aliphatic heterocycles. The van der Waals surface area contributed by atoms with E-state index in [1.165, 1.54) is 0 Å². The molecule has 2 aliphatic rings. The molecule has 0 aromatic rings. The quantitative estimate of drug-likeness (QED) is 0.774. The molecule has 4 heteroatoms. The number of amides is 1. The lowest BCUT2D eigenvalue weighted by Gasteiger charge is -2.23. The molecule has 2 rings (SSSR count). The van der Waals surface area contributed by atoms with E-state index < -0.39 is 5.60 Å². The Morgan fingerprint density at radius 2 is 2.38 bits per heavy atom. The van der Waals surface area contributed by atoms with Crippen molar-refractivity contribution in [1.82, 2.24) is 5.32 Å². The third kappa shape index (κ3) is 2.69. The minimum absolute atomic E-state index is 0.0445. The molecule has 3 nitrogen and oxygen atoms in total. The van der Waals surface area contributed by atoms with Gasteiger partial charge in [-0.25, -0.2) is 0 Å². The lowest BCUT2D eigenvalue weighted by atomic mass is 10.0. The van der Waals surface area contributed by atoms with E-state index in [-0.39, 0.29) is 5.91 Å². The van der Waals surface area contributed by atoms with Gasteiger partial charge in [-0.1, -0.05) is 0 Å². The molecule has 3 unspecified atom stereocenters. The van der Waals surface area contributed by atoms with Crippen molar-refractivity contribution < 1.29 is 9.53 Å². The van der Waals surface area contributed by atoms with Gasteiger partial charge < -0.3 is 10.1 Å². The van der Waals surface area contributed by atoms with Crippen LogP contribution in [-0.2, 0) is 9.53 Å². The first-order chi connectivity index (χ1) is 7.60. The largest absolute Gasteiger partial charge is 0.365 e. The van der Waals surface area contributed by atoms with Gasteiger partial charge >= 0.3 is 0 Å². The van der Waals surface area contributed by atoms with Gasteiger partial charge in [0.1, 0.15) is 5.60 Å². The van der Waals surface area contributed by atoms with Gasteiger partial charge in [0.15, 0.2) is 0 Å². The highest BCUT2D eigenvalue weighted by Gasteiger charge is 2.37. The molecule has 0 radical (unpaired) electrons. The van der Waals surface area contributed by atoms with Crippen molar-refractivity contribution in [2.45, 2.75) is 50.0 Å². The van der Waals surface area contributed by atoms with Crippen molar-refractivity contribution in [2.75, 3.05) is 13.2 Å². The Morgan fingerprint density at radius 1 is 1.56 bits per heavy atom. The summed E-state index contributed by atoms with van der Waals surface area (Å²) in [6.45, 7) is 3.34. The molecular weight excluding hydrogens is 226 g/mol. The second-order valence-electron chi connectivity index (χ2n) is 5.17. The van der Waals surface area contributed by atoms with Crippen molar-refractivity contribution in [2.24, 2.45) is 5.92 Å². The van der Waals surface area contributed by atoms with Crippen molar-refractivity contribution >= 4 is 17.5 Å². The summed E-state index contributed by atoms with van der Waals surface area (Å²) in [5.41, 5.74) is -0.584. The Balaban J connectivity index is 1.75. The first-order valence-electron chi connectivity index (χ1n) is 6.16. The average molecular weight is 246 g/mol. The maximum absolute atomic E-state index is 11.9. The highest BCUT2D eigenvalue weighted by atomic mass is 35.5. The Kier molecular flexibility index (Phi) is 3.75. The summed E-state index contributed by atoms with van der Waals surface area (Å²) in [7, 11) is 0. The first kappa shape index (κ1) is 12.2. The third-order valence-electron chi connectivity index (χ3n) is 3.73. The molecule has 92 valence electrons. The van der Waals surface area contributed by atoms with Gasteiger partial charge in [0, 0.05) is 18.5 Å². The predicted octanol–water partition coefficient (Wildman–Crippen LogP) is 2.08. The van der Waals surface area contributed by atoms with Crippen LogP contribution in [0.4, 0.5) is 0 Å². The topological polar surface area (TPSA) is 38.3 Å². The second kappa shape index (κ2) is 4.92. The van der Waals surface area contributed by atoms with Crippen LogP contribution in [0.15, 0.2) is 0 Å². The number of hydrogen-bond acceptors (Lipinski definition) is 2. The number of halogens is 1. The fraction of sp³-hybridized carbons (Fsp3) is 0.917. The molecule has 3 atom stereocenters. The van der Waals surface area contributed by atoms with E-state index >= 15 is 0 Å². The molecule has 2 fully saturated rings. The summed E-state index contributed by atoms with van der Waals surface area (Å²) in [4.78, 5) is 11.9. The maximum atomic E-state index is 11.9. The Morgan fingerprint density at radius 3 is 2.94 bits per heavy atom. The fourth-order valence-corrected chi connectivity index (χ4v) is 2.96. The van der Waals surface area contributed by atoms with Crippen LogP contribution in [0.25, 0.3) is 0 Å². The standard InChI is InChI=1S/C12H20ClNO2/c1-12(5-2-6-16-12)11(15)14-8-9-3-4-10(13)7-9/h9-10H,2-8H2,1H3,(H,14,15). The molecule has 1 saturated carbocycles. The second-order valence-corrected chi connectivity index (χ2v) is 5.79. The van der Waals surface area contributed by atoms with Crippen LogP contribution in [0.3, 0.4) is 0 Å². The number of nitrogens with one attached hydrogen (secondary N) is 1. The van der Waals surface area contributed by atoms with E-state index in [1.807, 2.05) is 6.92 Å². The van der Waals surface area contributed by atoms with Crippen molar-refractivity contribution in [3.63, 3.8) is 0 Å². The number of rotatable bonds is 3. The number of carbonyl (C=O) groups excluding carboxylic acids is 1. The summed E-state index contributed by atoms with van der Waals surface area (Å²) in [5, 5.41) is 3.31. The normalized spacial score (nSPS) is 38.9. The van der Waals surface area contributed by atoms with E-state index in [0.29, 0.717) is 17.9 Å². The zero-order chi connectivity index (χ0) is 11.6. The van der Waals surface area contributed by atoms with Crippen LogP contribution in [-0.4, -0.2) is 30.0 Å². The number of alkyl halides is 1. The van der Waals surface area contributed by atoms with Gasteiger partial charge in [0.05, 0.1) is 0 Å². The SMILES string of the molecule is CC1(C(=O)NCC2CCC(Cl)C2)CCCO1. The lowest BCUT2D eigenvalue weighted by molar-refractivity contribution is -0.139. The monoisotopic (exact) mass is 245 g/mol. The third-order valence-corrected chi connectivity index (χ3v) is 4.12. The molecule has 16 heavy (non-hydrogen) atoms. The van der Waals surface area contributed by atoms with Gasteiger partial charge in [0.2, 0.25) is 0 Å². The summed E-state index contributed by atoms with van der Waals surface area (Å²) >= 11 is 6.04. The lowest BCUT2D eigenvalue weighted by Crippen LogP contribution is -2.45. The maximum Gasteiger partial charge on any atom is 0.251 e. The van der Waals surface area contributed by atoms with Gasteiger partial charge in [-0.15, -0.1) is 11.6 Å². The number of ether oxygens (including phenoxy) is 1. The molecule has 0 aromatic heterocycles. The van der Waals surface area contributed by atoms with Gasteiger partial charge in [0.25, 0.3) is 5.91 Å². The average Bonchev–Trinajstić information content (AvgIpc) is 2.85. The molecule has 1 aliphatic carbocycles. The molecule has 0 bridgehead atoms. The van der Waals surface area contributed by atoms with Gasteiger partial charge in [-0.3, -0.25) is 4.79 Å². The van der Waals surface area contributed by atoms with E-state index in [2.05, 4.69) is 5.32 Å². The summed E-state index contributed by atoms with van der Waals surface area (Å²) in [6, 6.07) is 0. The molecule has 0 aromatic carbocycles. The highest BCUT2D eigenvalue weighted by Crippen LogP contribution is 2.29. The predicted molar refractivity (Wildman–Crippen MR) is 63.6 cm³/mol. The van der Waals surface area contributed by atoms with E-state index in [4.69, 9.17) is 16.3 Å². The Labute approximate surface area is 102 Å². The molecule has 1 heterocycles. The molecular formula is C12H20ClNO2. The van der Waals surface area contributed by atoms with E-state index in [9.17, 15) is 4.79 Å². The zero-order valence-electron chi connectivity index (χ0n) is 9.80. The van der Waals surface area contributed by atoms with Crippen LogP contribution in [0.5, 0.6) is 0 Å². The van der Waals surface area contributed by atoms with E-state index in [1.54, 1.807) is 0 Å². The van der Waals surface area contributed by atoms with Crippen molar-refractivity contribution in [3.8, 4) is 0 Å². The molecule has 0 spiro atoms. The minimum atomic E-state index is -0.584. The summed E-state index contributed by atoms with van der Waals surface area (Å²) in [6.07, 6.45) is 5.06. The molecule has 1 N–H and O–H groups in total.